The number of carbonyl (C=O) groups is 4. The van der Waals surface area contributed by atoms with Crippen molar-refractivity contribution in [3.05, 3.63) is 25.3 Å². The largest absolute Gasteiger partial charge is 0.460 e. The molecule has 4 saturated heterocycles. The molecule has 0 aromatic carbocycles. The fourth-order valence-corrected chi connectivity index (χ4v) is 6.81. The average Bonchev–Trinajstić information content (AvgIpc) is 3.64. The van der Waals surface area contributed by atoms with E-state index in [4.69, 9.17) is 14.2 Å². The number of hydrogen-bond acceptors (Lipinski definition) is 9. The number of nitrogens with one attached hydrogen (secondary N) is 1. The standard InChI is InChI=1S/C30H46N4O8/c1-5-7-8-23(36)31-18-21(4)41-29(39)24-22-9-10-30(42-22)25(24)27(37)34(20(3)19-35)26(30)28(38)33(11-6-2)13-12-32-14-16-40-17-15-32/h5-6,20-22,24-26,35H,1-2,7-19H2,3-4H3,(H,31,36)/t20-,21-,22+,24-,25-,26+,30-/m1/s1. The van der Waals surface area contributed by atoms with Crippen LogP contribution in [0, 0.1) is 11.8 Å². The first kappa shape index (κ1) is 32.1. The minimum atomic E-state index is -1.19. The Labute approximate surface area is 248 Å². The number of morpholine rings is 1. The summed E-state index contributed by atoms with van der Waals surface area (Å²) in [6, 6.07) is -1.63. The number of allylic oxidation sites excluding steroid dienone is 1. The molecule has 0 unspecified atom stereocenters. The van der Waals surface area contributed by atoms with E-state index < -0.39 is 47.7 Å². The first-order chi connectivity index (χ1) is 20.2. The smallest absolute Gasteiger partial charge is 0.312 e. The Kier molecular flexibility index (Phi) is 10.8. The van der Waals surface area contributed by atoms with E-state index in [1.54, 1.807) is 30.9 Å². The van der Waals surface area contributed by atoms with Gasteiger partial charge < -0.3 is 34.4 Å². The van der Waals surface area contributed by atoms with Crippen molar-refractivity contribution in [2.45, 2.75) is 69.4 Å². The van der Waals surface area contributed by atoms with Gasteiger partial charge in [0.2, 0.25) is 17.7 Å². The molecule has 4 aliphatic heterocycles. The van der Waals surface area contributed by atoms with Gasteiger partial charge in [-0.3, -0.25) is 24.1 Å². The summed E-state index contributed by atoms with van der Waals surface area (Å²) in [7, 11) is 0. The Balaban J connectivity index is 1.52. The van der Waals surface area contributed by atoms with Crippen LogP contribution in [0.5, 0.6) is 0 Å². The topological polar surface area (TPSA) is 138 Å². The SMILES string of the molecule is C=CCCC(=O)NC[C@@H](C)OC(=O)[C@@H]1[C@@H]2CC[C@]3(O2)[C@H](C(=O)N(CC=C)CCN2CCOCC2)N([C@H](C)CO)C(=O)[C@@H]13. The van der Waals surface area contributed by atoms with E-state index in [-0.39, 0.29) is 30.9 Å². The van der Waals surface area contributed by atoms with E-state index in [9.17, 15) is 24.3 Å². The van der Waals surface area contributed by atoms with Crippen molar-refractivity contribution in [3.63, 3.8) is 0 Å². The summed E-state index contributed by atoms with van der Waals surface area (Å²) in [5.74, 6) is -3.17. The Hall–Kier alpha value is -2.80. The molecule has 7 atom stereocenters. The third kappa shape index (κ3) is 6.41. The van der Waals surface area contributed by atoms with Crippen LogP contribution in [0.1, 0.15) is 39.5 Å². The van der Waals surface area contributed by atoms with Crippen molar-refractivity contribution < 1.29 is 38.5 Å². The summed E-state index contributed by atoms with van der Waals surface area (Å²) in [4.78, 5) is 59.2. The molecule has 2 N–H and O–H groups in total. The molecule has 4 rings (SSSR count). The van der Waals surface area contributed by atoms with Crippen LogP contribution in [0.2, 0.25) is 0 Å². The van der Waals surface area contributed by atoms with Crippen LogP contribution in [-0.4, -0.2) is 132 Å². The van der Waals surface area contributed by atoms with Crippen molar-refractivity contribution >= 4 is 23.7 Å². The minimum Gasteiger partial charge on any atom is -0.460 e. The third-order valence-corrected chi connectivity index (χ3v) is 8.91. The zero-order chi connectivity index (χ0) is 30.4. The van der Waals surface area contributed by atoms with Gasteiger partial charge in [0, 0.05) is 39.1 Å². The molecule has 2 bridgehead atoms. The summed E-state index contributed by atoms with van der Waals surface area (Å²) in [6.45, 7) is 14.8. The van der Waals surface area contributed by atoms with Gasteiger partial charge in [0.15, 0.2) is 0 Å². The van der Waals surface area contributed by atoms with Crippen molar-refractivity contribution in [1.82, 2.24) is 20.0 Å². The van der Waals surface area contributed by atoms with Gasteiger partial charge in [-0.15, -0.1) is 13.2 Å². The molecule has 3 amide bonds. The lowest BCUT2D eigenvalue weighted by atomic mass is 9.70. The molecule has 0 aromatic heterocycles. The molecule has 0 aliphatic carbocycles. The Morgan fingerprint density at radius 1 is 1.24 bits per heavy atom. The molecule has 12 nitrogen and oxygen atoms in total. The molecule has 12 heteroatoms. The molecular weight excluding hydrogens is 544 g/mol. The quantitative estimate of drug-likeness (QED) is 0.201. The lowest BCUT2D eigenvalue weighted by molar-refractivity contribution is -0.160. The van der Waals surface area contributed by atoms with Gasteiger partial charge in [-0.1, -0.05) is 12.2 Å². The van der Waals surface area contributed by atoms with E-state index in [0.29, 0.717) is 58.5 Å². The monoisotopic (exact) mass is 590 g/mol. The molecule has 1 spiro atoms. The molecule has 0 saturated carbocycles. The Bertz CT molecular complexity index is 1030. The number of esters is 1. The first-order valence-corrected chi connectivity index (χ1v) is 15.1. The van der Waals surface area contributed by atoms with Crippen LogP contribution in [0.25, 0.3) is 0 Å². The normalized spacial score (nSPS) is 30.0. The molecule has 0 aromatic rings. The second-order valence-electron chi connectivity index (χ2n) is 11.7. The fourth-order valence-electron chi connectivity index (χ4n) is 6.81. The van der Waals surface area contributed by atoms with Gasteiger partial charge in [0.1, 0.15) is 17.7 Å². The summed E-state index contributed by atoms with van der Waals surface area (Å²) >= 11 is 0. The van der Waals surface area contributed by atoms with Gasteiger partial charge in [0.25, 0.3) is 0 Å². The number of hydrogen-bond donors (Lipinski definition) is 2. The maximum absolute atomic E-state index is 14.3. The molecular formula is C30H46N4O8. The number of rotatable bonds is 15. The zero-order valence-electron chi connectivity index (χ0n) is 24.9. The summed E-state index contributed by atoms with van der Waals surface area (Å²) in [5, 5.41) is 12.8. The van der Waals surface area contributed by atoms with E-state index in [2.05, 4.69) is 23.4 Å². The highest BCUT2D eigenvalue weighted by molar-refractivity contribution is 5.98. The molecule has 0 radical (unpaired) electrons. The maximum atomic E-state index is 14.3. The molecule has 234 valence electrons. The molecule has 42 heavy (non-hydrogen) atoms. The summed E-state index contributed by atoms with van der Waals surface area (Å²) < 4.78 is 17.6. The highest BCUT2D eigenvalue weighted by Crippen LogP contribution is 2.59. The summed E-state index contributed by atoms with van der Waals surface area (Å²) in [6.07, 6.45) is 3.95. The van der Waals surface area contributed by atoms with E-state index in [0.717, 1.165) is 13.1 Å². The molecule has 4 heterocycles. The number of amides is 3. The third-order valence-electron chi connectivity index (χ3n) is 8.91. The van der Waals surface area contributed by atoms with Gasteiger partial charge in [-0.05, 0) is 33.1 Å². The minimum absolute atomic E-state index is 0.137. The summed E-state index contributed by atoms with van der Waals surface area (Å²) in [5.41, 5.74) is -1.19. The zero-order valence-corrected chi connectivity index (χ0v) is 24.9. The number of nitrogens with zero attached hydrogens (tertiary/aromatic N) is 3. The number of ether oxygens (including phenoxy) is 3. The predicted molar refractivity (Wildman–Crippen MR) is 153 cm³/mol. The van der Waals surface area contributed by atoms with Crippen molar-refractivity contribution in [1.29, 1.82) is 0 Å². The lowest BCUT2D eigenvalue weighted by Crippen LogP contribution is -2.59. The van der Waals surface area contributed by atoms with Crippen LogP contribution < -0.4 is 5.32 Å². The molecule has 4 aliphatic rings. The molecule has 4 fully saturated rings. The van der Waals surface area contributed by atoms with E-state index >= 15 is 0 Å². The van der Waals surface area contributed by atoms with Crippen LogP contribution in [0.15, 0.2) is 25.3 Å². The van der Waals surface area contributed by atoms with Gasteiger partial charge in [0.05, 0.1) is 50.3 Å². The Morgan fingerprint density at radius 2 is 1.98 bits per heavy atom. The van der Waals surface area contributed by atoms with Crippen LogP contribution >= 0.6 is 0 Å². The van der Waals surface area contributed by atoms with Crippen molar-refractivity contribution in [3.8, 4) is 0 Å². The van der Waals surface area contributed by atoms with E-state index in [1.165, 1.54) is 4.90 Å². The van der Waals surface area contributed by atoms with Crippen LogP contribution in [-0.2, 0) is 33.4 Å². The number of aliphatic hydroxyl groups is 1. The van der Waals surface area contributed by atoms with Crippen LogP contribution in [0.4, 0.5) is 0 Å². The van der Waals surface area contributed by atoms with Gasteiger partial charge in [-0.25, -0.2) is 0 Å². The first-order valence-electron chi connectivity index (χ1n) is 15.1. The maximum Gasteiger partial charge on any atom is 0.312 e. The number of carbonyl (C=O) groups excluding carboxylic acids is 4. The van der Waals surface area contributed by atoms with Crippen molar-refractivity contribution in [2.24, 2.45) is 11.8 Å². The number of fused-ring (bicyclic) bond motifs is 1. The lowest BCUT2D eigenvalue weighted by Gasteiger charge is -2.39. The van der Waals surface area contributed by atoms with Gasteiger partial charge >= 0.3 is 5.97 Å². The number of likely N-dealkylation sites (tertiary alicyclic amines) is 1. The van der Waals surface area contributed by atoms with Crippen molar-refractivity contribution in [2.75, 3.05) is 59.1 Å². The highest BCUT2D eigenvalue weighted by Gasteiger charge is 2.75. The predicted octanol–water partition coefficient (Wildman–Crippen LogP) is 0.103. The van der Waals surface area contributed by atoms with Gasteiger partial charge in [-0.2, -0.15) is 0 Å². The van der Waals surface area contributed by atoms with Crippen LogP contribution in [0.3, 0.4) is 0 Å². The average molecular weight is 591 g/mol. The second kappa shape index (κ2) is 14.1. The second-order valence-corrected chi connectivity index (χ2v) is 11.7. The highest BCUT2D eigenvalue weighted by atomic mass is 16.6. The Morgan fingerprint density at radius 3 is 2.64 bits per heavy atom. The van der Waals surface area contributed by atoms with E-state index in [1.807, 2.05) is 0 Å². The fraction of sp³-hybridized carbons (Fsp3) is 0.733. The number of aliphatic hydroxyl groups excluding tert-OH is 1.